The van der Waals surface area contributed by atoms with Gasteiger partial charge in [-0.1, -0.05) is 30.3 Å². The Morgan fingerprint density at radius 2 is 1.67 bits per heavy atom. The summed E-state index contributed by atoms with van der Waals surface area (Å²) < 4.78 is 0. The summed E-state index contributed by atoms with van der Waals surface area (Å²) in [6.07, 6.45) is 1.92. The summed E-state index contributed by atoms with van der Waals surface area (Å²) in [6, 6.07) is 9.29. The first-order valence-corrected chi connectivity index (χ1v) is 7.74. The van der Waals surface area contributed by atoms with Crippen LogP contribution in [0.4, 0.5) is 0 Å². The van der Waals surface area contributed by atoms with Crippen molar-refractivity contribution >= 4 is 5.91 Å². The van der Waals surface area contributed by atoms with Crippen LogP contribution in [-0.2, 0) is 4.79 Å². The maximum absolute atomic E-state index is 12.1. The summed E-state index contributed by atoms with van der Waals surface area (Å²) in [4.78, 5) is 12.1. The van der Waals surface area contributed by atoms with E-state index in [1.54, 1.807) is 0 Å². The van der Waals surface area contributed by atoms with Crippen LogP contribution in [0.25, 0.3) is 0 Å². The Bertz CT molecular complexity index is 425. The summed E-state index contributed by atoms with van der Waals surface area (Å²) in [5.41, 5.74) is 0.938. The second-order valence-corrected chi connectivity index (χ2v) is 5.39. The standard InChI is InChI=1S/C16H25N3O2/c20-15-14(13-7-2-1-3-8-13)18-11-5-4-9-17-10-6-12-19-16(15)21/h1-3,7-8,14-15,17-18,20H,4-6,9-12H2,(H,19,21)/t14-,15-/m0/s1. The van der Waals surface area contributed by atoms with Crippen molar-refractivity contribution in [1.82, 2.24) is 16.0 Å². The highest BCUT2D eigenvalue weighted by molar-refractivity contribution is 5.81. The molecular weight excluding hydrogens is 266 g/mol. The van der Waals surface area contributed by atoms with Crippen molar-refractivity contribution in [2.75, 3.05) is 26.2 Å². The van der Waals surface area contributed by atoms with E-state index in [1.165, 1.54) is 0 Å². The van der Waals surface area contributed by atoms with Crippen molar-refractivity contribution in [3.05, 3.63) is 35.9 Å². The molecule has 0 aromatic heterocycles. The number of rotatable bonds is 1. The van der Waals surface area contributed by atoms with Crippen LogP contribution >= 0.6 is 0 Å². The van der Waals surface area contributed by atoms with Crippen LogP contribution in [0.15, 0.2) is 30.3 Å². The van der Waals surface area contributed by atoms with Gasteiger partial charge < -0.3 is 21.1 Å². The zero-order chi connectivity index (χ0) is 14.9. The van der Waals surface area contributed by atoms with Crippen molar-refractivity contribution in [3.8, 4) is 0 Å². The van der Waals surface area contributed by atoms with Crippen molar-refractivity contribution in [2.45, 2.75) is 31.4 Å². The van der Waals surface area contributed by atoms with Crippen molar-refractivity contribution in [1.29, 1.82) is 0 Å². The van der Waals surface area contributed by atoms with Crippen LogP contribution < -0.4 is 16.0 Å². The van der Waals surface area contributed by atoms with Gasteiger partial charge in [-0.05, 0) is 44.5 Å². The first kappa shape index (κ1) is 15.9. The van der Waals surface area contributed by atoms with Crippen LogP contribution in [0.1, 0.15) is 30.9 Å². The Balaban J connectivity index is 2.07. The van der Waals surface area contributed by atoms with E-state index in [0.717, 1.165) is 44.5 Å². The number of hydrogen-bond donors (Lipinski definition) is 4. The quantitative estimate of drug-likeness (QED) is 0.610. The molecule has 1 amide bonds. The number of aliphatic hydroxyl groups excluding tert-OH is 1. The Labute approximate surface area is 126 Å². The second kappa shape index (κ2) is 8.77. The summed E-state index contributed by atoms with van der Waals surface area (Å²) in [6.45, 7) is 3.26. The third kappa shape index (κ3) is 5.12. The third-order valence-corrected chi connectivity index (χ3v) is 3.72. The molecule has 1 saturated heterocycles. The molecule has 5 nitrogen and oxygen atoms in total. The van der Waals surface area contributed by atoms with Crippen LogP contribution in [0.5, 0.6) is 0 Å². The number of amides is 1. The monoisotopic (exact) mass is 291 g/mol. The maximum atomic E-state index is 12.1. The number of nitrogens with one attached hydrogen (secondary N) is 3. The molecule has 1 fully saturated rings. The van der Waals surface area contributed by atoms with Gasteiger partial charge in [0.25, 0.3) is 5.91 Å². The van der Waals surface area contributed by atoms with Gasteiger partial charge in [-0.3, -0.25) is 4.79 Å². The molecule has 0 radical (unpaired) electrons. The fraction of sp³-hybridized carbons (Fsp3) is 0.562. The van der Waals surface area contributed by atoms with Gasteiger partial charge in [0.2, 0.25) is 0 Å². The van der Waals surface area contributed by atoms with Crippen LogP contribution in [-0.4, -0.2) is 43.3 Å². The zero-order valence-electron chi connectivity index (χ0n) is 12.3. The minimum atomic E-state index is -1.07. The molecule has 1 aliphatic heterocycles. The molecule has 1 aliphatic rings. The zero-order valence-corrected chi connectivity index (χ0v) is 12.3. The third-order valence-electron chi connectivity index (χ3n) is 3.72. The molecular formula is C16H25N3O2. The van der Waals surface area contributed by atoms with Gasteiger partial charge in [0.05, 0.1) is 6.04 Å². The SMILES string of the molecule is O=C1NCCCNCCCCN[C@@H](c2ccccc2)[C@@H]1O. The number of carbonyl (C=O) groups excluding carboxylic acids is 1. The molecule has 0 spiro atoms. The summed E-state index contributed by atoms with van der Waals surface area (Å²) in [5.74, 6) is -0.310. The number of hydrogen-bond acceptors (Lipinski definition) is 4. The molecule has 4 N–H and O–H groups in total. The molecule has 0 bridgehead atoms. The highest BCUT2D eigenvalue weighted by Gasteiger charge is 2.26. The average molecular weight is 291 g/mol. The fourth-order valence-corrected chi connectivity index (χ4v) is 2.51. The van der Waals surface area contributed by atoms with Crippen LogP contribution in [0.2, 0.25) is 0 Å². The molecule has 21 heavy (non-hydrogen) atoms. The molecule has 1 aromatic rings. The summed E-state index contributed by atoms with van der Waals surface area (Å²) in [5, 5.41) is 19.8. The normalized spacial score (nSPS) is 26.0. The van der Waals surface area contributed by atoms with Gasteiger partial charge in [-0.15, -0.1) is 0 Å². The van der Waals surface area contributed by atoms with E-state index in [0.29, 0.717) is 6.54 Å². The number of aliphatic hydroxyl groups is 1. The molecule has 2 rings (SSSR count). The Hall–Kier alpha value is -1.43. The van der Waals surface area contributed by atoms with Gasteiger partial charge in [0.15, 0.2) is 6.10 Å². The fourth-order valence-electron chi connectivity index (χ4n) is 2.51. The molecule has 0 saturated carbocycles. The Morgan fingerprint density at radius 1 is 0.952 bits per heavy atom. The van der Waals surface area contributed by atoms with E-state index in [9.17, 15) is 9.90 Å². The van der Waals surface area contributed by atoms with Crippen molar-refractivity contribution in [2.24, 2.45) is 0 Å². The highest BCUT2D eigenvalue weighted by atomic mass is 16.3. The second-order valence-electron chi connectivity index (χ2n) is 5.39. The molecule has 1 aromatic carbocycles. The van der Waals surface area contributed by atoms with Crippen LogP contribution in [0, 0.1) is 0 Å². The topological polar surface area (TPSA) is 73.4 Å². The van der Waals surface area contributed by atoms with E-state index in [2.05, 4.69) is 16.0 Å². The highest BCUT2D eigenvalue weighted by Crippen LogP contribution is 2.17. The van der Waals surface area contributed by atoms with Gasteiger partial charge in [0.1, 0.15) is 0 Å². The van der Waals surface area contributed by atoms with E-state index in [1.807, 2.05) is 30.3 Å². The predicted molar refractivity (Wildman–Crippen MR) is 82.9 cm³/mol. The molecule has 0 unspecified atom stereocenters. The van der Waals surface area contributed by atoms with E-state index in [4.69, 9.17) is 0 Å². The van der Waals surface area contributed by atoms with Gasteiger partial charge in [-0.25, -0.2) is 0 Å². The molecule has 1 heterocycles. The molecule has 0 aliphatic carbocycles. The number of benzene rings is 1. The number of carbonyl (C=O) groups is 1. The Morgan fingerprint density at radius 3 is 2.48 bits per heavy atom. The van der Waals surface area contributed by atoms with Crippen molar-refractivity contribution < 1.29 is 9.90 Å². The van der Waals surface area contributed by atoms with Crippen LogP contribution in [0.3, 0.4) is 0 Å². The largest absolute Gasteiger partial charge is 0.381 e. The minimum absolute atomic E-state index is 0.310. The van der Waals surface area contributed by atoms with E-state index in [-0.39, 0.29) is 11.9 Å². The average Bonchev–Trinajstić information content (AvgIpc) is 2.53. The molecule has 5 heteroatoms. The van der Waals surface area contributed by atoms with Gasteiger partial charge >= 0.3 is 0 Å². The van der Waals surface area contributed by atoms with Gasteiger partial charge in [-0.2, -0.15) is 0 Å². The summed E-state index contributed by atoms with van der Waals surface area (Å²) in [7, 11) is 0. The van der Waals surface area contributed by atoms with Gasteiger partial charge in [0, 0.05) is 6.54 Å². The summed E-state index contributed by atoms with van der Waals surface area (Å²) >= 11 is 0. The minimum Gasteiger partial charge on any atom is -0.381 e. The molecule has 116 valence electrons. The lowest BCUT2D eigenvalue weighted by atomic mass is 10.0. The molecule has 2 atom stereocenters. The van der Waals surface area contributed by atoms with E-state index >= 15 is 0 Å². The lowest BCUT2D eigenvalue weighted by Gasteiger charge is -2.24. The first-order chi connectivity index (χ1) is 10.3. The lowest BCUT2D eigenvalue weighted by molar-refractivity contribution is -0.130. The smallest absolute Gasteiger partial charge is 0.250 e. The Kier molecular flexibility index (Phi) is 6.66. The van der Waals surface area contributed by atoms with Crippen molar-refractivity contribution in [3.63, 3.8) is 0 Å². The maximum Gasteiger partial charge on any atom is 0.250 e. The predicted octanol–water partition coefficient (Wildman–Crippen LogP) is 0.568. The first-order valence-electron chi connectivity index (χ1n) is 7.74. The lowest BCUT2D eigenvalue weighted by Crippen LogP contribution is -2.44. The van der Waals surface area contributed by atoms with E-state index < -0.39 is 6.10 Å².